The molecule has 116 valence electrons. The van der Waals surface area contributed by atoms with Gasteiger partial charge in [0, 0.05) is 12.0 Å². The van der Waals surface area contributed by atoms with Crippen molar-refractivity contribution in [2.45, 2.75) is 39.2 Å². The first-order chi connectivity index (χ1) is 10.6. The van der Waals surface area contributed by atoms with Crippen LogP contribution in [0.3, 0.4) is 0 Å². The Kier molecular flexibility index (Phi) is 4.70. The summed E-state index contributed by atoms with van der Waals surface area (Å²) in [5, 5.41) is 2.17. The van der Waals surface area contributed by atoms with Gasteiger partial charge in [-0.05, 0) is 18.1 Å². The van der Waals surface area contributed by atoms with E-state index in [1.165, 1.54) is 0 Å². The third-order valence-electron chi connectivity index (χ3n) is 3.60. The molecule has 3 rings (SSSR count). The predicted octanol–water partition coefficient (Wildman–Crippen LogP) is 1.04. The predicted molar refractivity (Wildman–Crippen MR) is 78.8 cm³/mol. The summed E-state index contributed by atoms with van der Waals surface area (Å²) in [7, 11) is 0. The number of fused-ring (bicyclic) bond motifs is 1. The average Bonchev–Trinajstić information content (AvgIpc) is 2.51. The lowest BCUT2D eigenvalue weighted by Gasteiger charge is -2.34. The van der Waals surface area contributed by atoms with Gasteiger partial charge in [0.1, 0.15) is 6.04 Å². The van der Waals surface area contributed by atoms with Gasteiger partial charge in [-0.1, -0.05) is 32.0 Å². The van der Waals surface area contributed by atoms with Crippen LogP contribution in [0.15, 0.2) is 24.3 Å². The lowest BCUT2D eigenvalue weighted by Crippen LogP contribution is -2.57. The Labute approximate surface area is 128 Å². The van der Waals surface area contributed by atoms with Gasteiger partial charge in [-0.25, -0.2) is 0 Å². The molecular formula is C16H18N2O4. The number of benzene rings is 1. The van der Waals surface area contributed by atoms with E-state index in [0.29, 0.717) is 11.1 Å². The summed E-state index contributed by atoms with van der Waals surface area (Å²) in [6.45, 7) is 4.00. The molecule has 1 N–H and O–H groups in total. The molecule has 4 amide bonds. The number of carbonyl (C=O) groups excluding carboxylic acids is 4. The maximum Gasteiger partial charge on any atom is 0.261 e. The summed E-state index contributed by atoms with van der Waals surface area (Å²) in [5.41, 5.74) is 1.11. The lowest BCUT2D eigenvalue weighted by atomic mass is 9.95. The molecule has 0 radical (unpaired) electrons. The molecule has 0 unspecified atom stereocenters. The first-order valence-corrected chi connectivity index (χ1v) is 7.36. The van der Waals surface area contributed by atoms with Gasteiger partial charge < -0.3 is 0 Å². The van der Waals surface area contributed by atoms with Crippen molar-refractivity contribution in [2.24, 2.45) is 0 Å². The standard InChI is InChI=1S/C14H12N2O4.C2H6/c17-11-6-5-10(13(19)15-11)16-12(18)7-8-3-1-2-4-9(8)14(16)20;1-2/h1-4,10H,5-7H2,(H,15,17,19);1-2H3/t10-;/m0./s1. The largest absolute Gasteiger partial charge is 0.295 e. The number of nitrogens with zero attached hydrogens (tertiary/aromatic N) is 1. The molecular weight excluding hydrogens is 284 g/mol. The van der Waals surface area contributed by atoms with E-state index in [2.05, 4.69) is 5.32 Å². The molecule has 1 aromatic rings. The fourth-order valence-corrected chi connectivity index (χ4v) is 2.62. The van der Waals surface area contributed by atoms with E-state index in [9.17, 15) is 19.2 Å². The van der Waals surface area contributed by atoms with Gasteiger partial charge in [0.05, 0.1) is 6.42 Å². The van der Waals surface area contributed by atoms with Gasteiger partial charge in [0.2, 0.25) is 17.7 Å². The van der Waals surface area contributed by atoms with Crippen LogP contribution in [0, 0.1) is 0 Å². The zero-order chi connectivity index (χ0) is 16.3. The van der Waals surface area contributed by atoms with Crippen LogP contribution in [0.25, 0.3) is 0 Å². The van der Waals surface area contributed by atoms with E-state index in [-0.39, 0.29) is 25.2 Å². The molecule has 1 atom stereocenters. The number of rotatable bonds is 1. The molecule has 0 bridgehead atoms. The van der Waals surface area contributed by atoms with Crippen molar-refractivity contribution in [3.63, 3.8) is 0 Å². The second kappa shape index (κ2) is 6.51. The monoisotopic (exact) mass is 302 g/mol. The van der Waals surface area contributed by atoms with Crippen LogP contribution in [0.4, 0.5) is 0 Å². The van der Waals surface area contributed by atoms with Crippen LogP contribution in [0.1, 0.15) is 42.6 Å². The van der Waals surface area contributed by atoms with E-state index in [1.54, 1.807) is 24.3 Å². The van der Waals surface area contributed by atoms with Crippen molar-refractivity contribution in [3.05, 3.63) is 35.4 Å². The average molecular weight is 302 g/mol. The zero-order valence-electron chi connectivity index (χ0n) is 12.6. The molecule has 0 aliphatic carbocycles. The van der Waals surface area contributed by atoms with E-state index >= 15 is 0 Å². The Hall–Kier alpha value is -2.50. The van der Waals surface area contributed by atoms with Crippen LogP contribution in [-0.4, -0.2) is 34.6 Å². The van der Waals surface area contributed by atoms with Crippen LogP contribution < -0.4 is 5.32 Å². The lowest BCUT2D eigenvalue weighted by molar-refractivity contribution is -0.143. The molecule has 6 heteroatoms. The van der Waals surface area contributed by atoms with Gasteiger partial charge in [-0.15, -0.1) is 0 Å². The fraction of sp³-hybridized carbons (Fsp3) is 0.375. The third kappa shape index (κ3) is 2.77. The molecule has 1 aromatic carbocycles. The van der Waals surface area contributed by atoms with Crippen molar-refractivity contribution >= 4 is 23.6 Å². The molecule has 2 aliphatic rings. The summed E-state index contributed by atoms with van der Waals surface area (Å²) in [6, 6.07) is 5.97. The Morgan fingerprint density at radius 3 is 2.45 bits per heavy atom. The van der Waals surface area contributed by atoms with Crippen molar-refractivity contribution in [1.29, 1.82) is 0 Å². The molecule has 0 saturated carbocycles. The second-order valence-corrected chi connectivity index (χ2v) is 4.87. The van der Waals surface area contributed by atoms with Gasteiger partial charge in [0.15, 0.2) is 0 Å². The van der Waals surface area contributed by atoms with Crippen LogP contribution >= 0.6 is 0 Å². The SMILES string of the molecule is CC.O=C1CC[C@H](N2C(=O)Cc3ccccc3C2=O)C(=O)N1. The number of amides is 4. The molecule has 2 aliphatic heterocycles. The Morgan fingerprint density at radius 2 is 1.77 bits per heavy atom. The highest BCUT2D eigenvalue weighted by molar-refractivity contribution is 6.13. The zero-order valence-corrected chi connectivity index (χ0v) is 12.6. The second-order valence-electron chi connectivity index (χ2n) is 4.87. The van der Waals surface area contributed by atoms with E-state index in [1.807, 2.05) is 13.8 Å². The molecule has 0 spiro atoms. The number of carbonyl (C=O) groups is 4. The van der Waals surface area contributed by atoms with Crippen molar-refractivity contribution < 1.29 is 19.2 Å². The molecule has 2 heterocycles. The van der Waals surface area contributed by atoms with Gasteiger partial charge in [-0.2, -0.15) is 0 Å². The van der Waals surface area contributed by atoms with E-state index in [0.717, 1.165) is 4.90 Å². The van der Waals surface area contributed by atoms with Crippen molar-refractivity contribution in [3.8, 4) is 0 Å². The molecule has 1 saturated heterocycles. The molecule has 6 nitrogen and oxygen atoms in total. The number of nitrogens with one attached hydrogen (secondary N) is 1. The maximum atomic E-state index is 12.4. The van der Waals surface area contributed by atoms with Crippen LogP contribution in [0.2, 0.25) is 0 Å². The molecule has 1 fully saturated rings. The minimum Gasteiger partial charge on any atom is -0.295 e. The maximum absolute atomic E-state index is 12.4. The van der Waals surface area contributed by atoms with Gasteiger partial charge in [0.25, 0.3) is 5.91 Å². The highest BCUT2D eigenvalue weighted by atomic mass is 16.2. The van der Waals surface area contributed by atoms with E-state index in [4.69, 9.17) is 0 Å². The first kappa shape index (κ1) is 15.9. The number of hydrogen-bond acceptors (Lipinski definition) is 4. The summed E-state index contributed by atoms with van der Waals surface area (Å²) in [4.78, 5) is 48.5. The summed E-state index contributed by atoms with van der Waals surface area (Å²) < 4.78 is 0. The minimum absolute atomic E-state index is 0.0969. The Morgan fingerprint density at radius 1 is 1.09 bits per heavy atom. The number of hydrogen-bond donors (Lipinski definition) is 1. The minimum atomic E-state index is -0.888. The topological polar surface area (TPSA) is 83.6 Å². The summed E-state index contributed by atoms with van der Waals surface area (Å²) in [6.07, 6.45) is 0.416. The van der Waals surface area contributed by atoms with Gasteiger partial charge in [-0.3, -0.25) is 29.4 Å². The van der Waals surface area contributed by atoms with Crippen LogP contribution in [0.5, 0.6) is 0 Å². The fourth-order valence-electron chi connectivity index (χ4n) is 2.62. The highest BCUT2D eigenvalue weighted by Gasteiger charge is 2.41. The van der Waals surface area contributed by atoms with Crippen molar-refractivity contribution in [2.75, 3.05) is 0 Å². The van der Waals surface area contributed by atoms with Crippen molar-refractivity contribution in [1.82, 2.24) is 10.2 Å². The highest BCUT2D eigenvalue weighted by Crippen LogP contribution is 2.24. The quantitative estimate of drug-likeness (QED) is 0.786. The number of piperidine rings is 1. The smallest absolute Gasteiger partial charge is 0.261 e. The summed E-state index contributed by atoms with van der Waals surface area (Å²) >= 11 is 0. The van der Waals surface area contributed by atoms with E-state index < -0.39 is 23.8 Å². The third-order valence-corrected chi connectivity index (χ3v) is 3.60. The summed E-state index contributed by atoms with van der Waals surface area (Å²) in [5.74, 6) is -1.82. The Balaban J connectivity index is 0.000000847. The van der Waals surface area contributed by atoms with Gasteiger partial charge >= 0.3 is 0 Å². The normalized spacial score (nSPS) is 20.8. The first-order valence-electron chi connectivity index (χ1n) is 7.36. The molecule has 0 aromatic heterocycles. The molecule has 22 heavy (non-hydrogen) atoms. The van der Waals surface area contributed by atoms with Crippen LogP contribution in [-0.2, 0) is 20.8 Å². The Bertz CT molecular complexity index is 639. The number of imide groups is 2.